The number of ether oxygens (including phenoxy) is 1. The van der Waals surface area contributed by atoms with Crippen molar-refractivity contribution in [1.29, 1.82) is 0 Å². The zero-order chi connectivity index (χ0) is 14.8. The Morgan fingerprint density at radius 3 is 2.60 bits per heavy atom. The van der Waals surface area contributed by atoms with E-state index in [-0.39, 0.29) is 5.92 Å². The lowest BCUT2D eigenvalue weighted by atomic mass is 9.95. The second-order valence-electron chi connectivity index (χ2n) is 5.40. The van der Waals surface area contributed by atoms with Gasteiger partial charge < -0.3 is 4.74 Å². The average Bonchev–Trinajstić information content (AvgIpc) is 2.79. The van der Waals surface area contributed by atoms with Crippen LogP contribution >= 0.6 is 0 Å². The van der Waals surface area contributed by atoms with Crippen LogP contribution in [0.5, 0.6) is 5.75 Å². The van der Waals surface area contributed by atoms with Crippen LogP contribution in [-0.4, -0.2) is 6.36 Å². The van der Waals surface area contributed by atoms with Gasteiger partial charge >= 0.3 is 6.36 Å². The molecule has 0 saturated heterocycles. The SMILES string of the molecule is CCCC1CCC(c2ccc(OC(F)(F)F)c(F)c2)C1. The fourth-order valence-corrected chi connectivity index (χ4v) is 3.03. The molecule has 0 N–H and O–H groups in total. The summed E-state index contributed by atoms with van der Waals surface area (Å²) in [5.41, 5.74) is 0.774. The molecule has 1 aromatic carbocycles. The number of rotatable bonds is 4. The number of hydrogen-bond donors (Lipinski definition) is 0. The molecule has 1 fully saturated rings. The molecule has 0 spiro atoms. The average molecular weight is 290 g/mol. The Bertz CT molecular complexity index is 456. The van der Waals surface area contributed by atoms with Crippen molar-refractivity contribution in [3.8, 4) is 5.75 Å². The summed E-state index contributed by atoms with van der Waals surface area (Å²) in [6.07, 6.45) is 0.511. The molecule has 20 heavy (non-hydrogen) atoms. The maximum absolute atomic E-state index is 13.7. The van der Waals surface area contributed by atoms with Crippen LogP contribution in [-0.2, 0) is 0 Å². The molecule has 0 aromatic heterocycles. The topological polar surface area (TPSA) is 9.23 Å². The molecule has 2 atom stereocenters. The van der Waals surface area contributed by atoms with E-state index < -0.39 is 17.9 Å². The van der Waals surface area contributed by atoms with Crippen LogP contribution in [0.4, 0.5) is 17.6 Å². The molecule has 0 bridgehead atoms. The second kappa shape index (κ2) is 6.02. The van der Waals surface area contributed by atoms with Crippen molar-refractivity contribution in [2.75, 3.05) is 0 Å². The minimum absolute atomic E-state index is 0.251. The van der Waals surface area contributed by atoms with Crippen molar-refractivity contribution in [2.45, 2.75) is 51.3 Å². The van der Waals surface area contributed by atoms with Crippen LogP contribution in [0.1, 0.15) is 50.5 Å². The monoisotopic (exact) mass is 290 g/mol. The first-order chi connectivity index (χ1) is 9.39. The standard InChI is InChI=1S/C15H18F4O/c1-2-3-10-4-5-11(8-10)12-6-7-14(13(16)9-12)20-15(17,18)19/h6-7,9-11H,2-5,8H2,1H3. The van der Waals surface area contributed by atoms with Gasteiger partial charge in [-0.1, -0.05) is 25.8 Å². The Kier molecular flexibility index (Phi) is 4.55. The Labute approximate surface area is 115 Å². The van der Waals surface area contributed by atoms with Crippen molar-refractivity contribution in [3.63, 3.8) is 0 Å². The highest BCUT2D eigenvalue weighted by Gasteiger charge is 2.33. The van der Waals surface area contributed by atoms with Gasteiger partial charge in [-0.05, 0) is 48.8 Å². The number of halogens is 4. The molecule has 1 aromatic rings. The summed E-state index contributed by atoms with van der Waals surface area (Å²) >= 11 is 0. The molecular formula is C15H18F4O. The normalized spacial score (nSPS) is 23.1. The van der Waals surface area contributed by atoms with Gasteiger partial charge in [-0.2, -0.15) is 0 Å². The molecule has 112 valence electrons. The summed E-state index contributed by atoms with van der Waals surface area (Å²) in [6.45, 7) is 2.14. The first-order valence-corrected chi connectivity index (χ1v) is 6.94. The van der Waals surface area contributed by atoms with Crippen molar-refractivity contribution < 1.29 is 22.3 Å². The third kappa shape index (κ3) is 3.87. The van der Waals surface area contributed by atoms with E-state index in [0.29, 0.717) is 5.92 Å². The van der Waals surface area contributed by atoms with E-state index in [1.807, 2.05) is 0 Å². The maximum atomic E-state index is 13.7. The molecule has 0 radical (unpaired) electrons. The summed E-state index contributed by atoms with van der Waals surface area (Å²) in [5.74, 6) is -0.803. The minimum atomic E-state index is -4.86. The quantitative estimate of drug-likeness (QED) is 0.674. The van der Waals surface area contributed by atoms with Gasteiger partial charge in [-0.15, -0.1) is 13.2 Å². The van der Waals surface area contributed by atoms with Crippen LogP contribution in [0.2, 0.25) is 0 Å². The van der Waals surface area contributed by atoms with Gasteiger partial charge in [0.15, 0.2) is 11.6 Å². The highest BCUT2D eigenvalue weighted by atomic mass is 19.4. The molecule has 0 aliphatic heterocycles. The van der Waals surface area contributed by atoms with E-state index in [9.17, 15) is 17.6 Å². The Morgan fingerprint density at radius 2 is 2.00 bits per heavy atom. The summed E-state index contributed by atoms with van der Waals surface area (Å²) in [6, 6.07) is 3.80. The van der Waals surface area contributed by atoms with Crippen molar-refractivity contribution in [1.82, 2.24) is 0 Å². The Morgan fingerprint density at radius 1 is 1.25 bits per heavy atom. The number of benzene rings is 1. The van der Waals surface area contributed by atoms with Gasteiger partial charge in [0.2, 0.25) is 0 Å². The van der Waals surface area contributed by atoms with Gasteiger partial charge in [-0.3, -0.25) is 0 Å². The van der Waals surface area contributed by atoms with Crippen molar-refractivity contribution in [3.05, 3.63) is 29.6 Å². The Balaban J connectivity index is 2.06. The van der Waals surface area contributed by atoms with Gasteiger partial charge in [0.1, 0.15) is 0 Å². The van der Waals surface area contributed by atoms with Crippen molar-refractivity contribution in [2.24, 2.45) is 5.92 Å². The van der Waals surface area contributed by atoms with Crippen LogP contribution < -0.4 is 4.74 Å². The van der Waals surface area contributed by atoms with Crippen molar-refractivity contribution >= 4 is 0 Å². The van der Waals surface area contributed by atoms with Gasteiger partial charge in [0.05, 0.1) is 0 Å². The van der Waals surface area contributed by atoms with Crippen LogP contribution in [0, 0.1) is 11.7 Å². The number of hydrogen-bond acceptors (Lipinski definition) is 1. The molecular weight excluding hydrogens is 272 g/mol. The molecule has 1 aliphatic rings. The van der Waals surface area contributed by atoms with Crippen LogP contribution in [0.15, 0.2) is 18.2 Å². The van der Waals surface area contributed by atoms with E-state index in [4.69, 9.17) is 0 Å². The predicted octanol–water partition coefficient (Wildman–Crippen LogP) is 5.41. The molecule has 0 heterocycles. The third-order valence-electron chi connectivity index (χ3n) is 3.89. The molecule has 2 unspecified atom stereocenters. The predicted molar refractivity (Wildman–Crippen MR) is 68.1 cm³/mol. The molecule has 5 heteroatoms. The summed E-state index contributed by atoms with van der Waals surface area (Å²) < 4.78 is 53.5. The summed E-state index contributed by atoms with van der Waals surface area (Å²) in [5, 5.41) is 0. The molecule has 1 saturated carbocycles. The first-order valence-electron chi connectivity index (χ1n) is 6.94. The van der Waals surface area contributed by atoms with Gasteiger partial charge in [0, 0.05) is 0 Å². The fraction of sp³-hybridized carbons (Fsp3) is 0.600. The zero-order valence-electron chi connectivity index (χ0n) is 11.3. The molecule has 2 rings (SSSR count). The smallest absolute Gasteiger partial charge is 0.403 e. The lowest BCUT2D eigenvalue weighted by Gasteiger charge is -2.14. The third-order valence-corrected chi connectivity index (χ3v) is 3.89. The fourth-order valence-electron chi connectivity index (χ4n) is 3.03. The van der Waals surface area contributed by atoms with Gasteiger partial charge in [-0.25, -0.2) is 4.39 Å². The van der Waals surface area contributed by atoms with E-state index in [1.165, 1.54) is 6.07 Å². The summed E-state index contributed by atoms with van der Waals surface area (Å²) in [4.78, 5) is 0. The van der Waals surface area contributed by atoms with E-state index >= 15 is 0 Å². The highest BCUT2D eigenvalue weighted by Crippen LogP contribution is 2.41. The minimum Gasteiger partial charge on any atom is -0.403 e. The second-order valence-corrected chi connectivity index (χ2v) is 5.40. The highest BCUT2D eigenvalue weighted by molar-refractivity contribution is 5.32. The lowest BCUT2D eigenvalue weighted by molar-refractivity contribution is -0.275. The van der Waals surface area contributed by atoms with E-state index in [2.05, 4.69) is 11.7 Å². The summed E-state index contributed by atoms with van der Waals surface area (Å²) in [7, 11) is 0. The number of alkyl halides is 3. The first kappa shape index (κ1) is 15.1. The molecule has 0 amide bonds. The largest absolute Gasteiger partial charge is 0.573 e. The van der Waals surface area contributed by atoms with Crippen LogP contribution in [0.3, 0.4) is 0 Å². The van der Waals surface area contributed by atoms with Gasteiger partial charge in [0.25, 0.3) is 0 Å². The Hall–Kier alpha value is -1.26. The lowest BCUT2D eigenvalue weighted by Crippen LogP contribution is -2.18. The molecule has 1 aliphatic carbocycles. The van der Waals surface area contributed by atoms with E-state index in [0.717, 1.165) is 43.7 Å². The van der Waals surface area contributed by atoms with Crippen LogP contribution in [0.25, 0.3) is 0 Å². The van der Waals surface area contributed by atoms with E-state index in [1.54, 1.807) is 6.07 Å². The maximum Gasteiger partial charge on any atom is 0.573 e. The zero-order valence-corrected chi connectivity index (χ0v) is 11.3. The molecule has 1 nitrogen and oxygen atoms in total.